The molecule has 0 saturated carbocycles. The van der Waals surface area contributed by atoms with Crippen LogP contribution < -0.4 is 32.0 Å². The van der Waals surface area contributed by atoms with Crippen LogP contribution in [0.3, 0.4) is 0 Å². The summed E-state index contributed by atoms with van der Waals surface area (Å²) in [5.74, 6) is 0. The molecule has 562 valence electrons. The summed E-state index contributed by atoms with van der Waals surface area (Å²) in [6, 6.07) is 76.4. The Labute approximate surface area is 673 Å². The van der Waals surface area contributed by atoms with Crippen LogP contribution in [0.25, 0.3) is 78.8 Å². The van der Waals surface area contributed by atoms with Gasteiger partial charge in [-0.1, -0.05) is 127 Å². The van der Waals surface area contributed by atoms with Gasteiger partial charge in [-0.2, -0.15) is 0 Å². The van der Waals surface area contributed by atoms with Gasteiger partial charge in [0.1, 0.15) is 49.3 Å². The quantitative estimate of drug-likeness (QED) is 0.142. The van der Waals surface area contributed by atoms with Gasteiger partial charge in [0.2, 0.25) is 39.9 Å². The zero-order chi connectivity index (χ0) is 87.7. The maximum absolute atomic E-state index is 7.55. The summed E-state index contributed by atoms with van der Waals surface area (Å²) in [4.78, 5) is 0. The second-order valence-corrected chi connectivity index (χ2v) is 29.3. The molecule has 7 heterocycles. The number of rotatable bonds is 7. The van der Waals surface area contributed by atoms with Crippen molar-refractivity contribution < 1.29 is 44.3 Å². The Morgan fingerprint density at radius 3 is 0.991 bits per heavy atom. The Kier molecular flexibility index (Phi) is 25.4. The van der Waals surface area contributed by atoms with Crippen molar-refractivity contribution in [1.82, 2.24) is 0 Å². The molecule has 0 radical (unpaired) electrons. The van der Waals surface area contributed by atoms with Crippen molar-refractivity contribution in [3.63, 3.8) is 0 Å². The average molecular weight is 1470 g/mol. The van der Waals surface area contributed by atoms with Crippen LogP contribution in [0.5, 0.6) is 0 Å². The first kappa shape index (κ1) is 71.5. The van der Waals surface area contributed by atoms with Crippen molar-refractivity contribution in [2.75, 3.05) is 0 Å². The standard InChI is InChI=1S/C16H20N.3C15H18N.3C14H16N/c1-11-8-6-7-9-15(11)16-14(4)13(3)12(2)10-17(16)5;1-11-9-13(3)15(16(4)10-11)14-8-6-5-7-12(14)2;1-11-7-5-6-8-14(11)15-9-12(2)13(3)10-16(15)4;1-11-9-10-16(4)15(13(11)3)14-8-6-5-7-12(14)2;1-11-7-4-5-9-13(11)14-12(2)8-6-10-15(14)3;1-11-8-9-15(3)14(10-11)13-7-5-4-6-12(13)2;1-11-8-9-14(15(3)10-11)13-7-5-4-6-12(13)2/h6-10H,1-5H3;3*5-10H,1-4H3;3*4-10H,1-3H3/q7*+1/i;1D3;3D3;;;;1D3. The van der Waals surface area contributed by atoms with Gasteiger partial charge >= 0.3 is 0 Å². The fraction of sp³-hybridized carbons (Fsp3) is 0.252. The number of pyridine rings is 7. The highest BCUT2D eigenvalue weighted by Crippen LogP contribution is 2.30. The van der Waals surface area contributed by atoms with Gasteiger partial charge in [0, 0.05) is 132 Å². The molecule has 0 amide bonds. The van der Waals surface area contributed by atoms with Crippen LogP contribution in [0, 0.1) is 131 Å². The molecule has 14 rings (SSSR count). The number of nitrogens with zero attached hydrogens (tertiary/aromatic N) is 7. The zero-order valence-corrected chi connectivity index (χ0v) is 69.5. The van der Waals surface area contributed by atoms with E-state index in [2.05, 4.69) is 313 Å². The minimum atomic E-state index is -2.06. The highest BCUT2D eigenvalue weighted by atomic mass is 15.0. The summed E-state index contributed by atoms with van der Waals surface area (Å²) in [6.45, 7) is 27.7. The van der Waals surface area contributed by atoms with E-state index < -0.39 is 20.6 Å². The Morgan fingerprint density at radius 1 is 0.191 bits per heavy atom. The normalized spacial score (nSPS) is 12.0. The van der Waals surface area contributed by atoms with Crippen molar-refractivity contribution in [2.45, 2.75) is 131 Å². The third kappa shape index (κ3) is 21.5. The van der Waals surface area contributed by atoms with Crippen molar-refractivity contribution in [2.24, 2.45) is 49.3 Å². The monoisotopic (exact) mass is 1470 g/mol. The van der Waals surface area contributed by atoms with E-state index in [1.165, 1.54) is 123 Å². The summed E-state index contributed by atoms with van der Waals surface area (Å²) >= 11 is 0. The molecule has 0 aliphatic heterocycles. The first-order chi connectivity index (χ1) is 56.0. The zero-order valence-electron chi connectivity index (χ0n) is 78.5. The second-order valence-electron chi connectivity index (χ2n) is 29.3. The van der Waals surface area contributed by atoms with Crippen LogP contribution in [-0.4, -0.2) is 0 Å². The maximum Gasteiger partial charge on any atom is 0.215 e. The van der Waals surface area contributed by atoms with Crippen LogP contribution in [0.4, 0.5) is 0 Å². The molecule has 0 N–H and O–H groups in total. The summed E-state index contributed by atoms with van der Waals surface area (Å²) in [6.07, 6.45) is 13.6. The number of hydrogen-bond donors (Lipinski definition) is 0. The van der Waals surface area contributed by atoms with Gasteiger partial charge in [-0.05, 0) is 253 Å². The molecule has 7 heteroatoms. The highest BCUT2D eigenvalue weighted by molar-refractivity contribution is 5.69. The predicted molar refractivity (Wildman–Crippen MR) is 461 cm³/mol. The van der Waals surface area contributed by atoms with E-state index >= 15 is 0 Å². The number of aromatic nitrogens is 7. The summed E-state index contributed by atoms with van der Waals surface area (Å²) in [5, 5.41) is 0. The van der Waals surface area contributed by atoms with Crippen LogP contribution >= 0.6 is 0 Å². The lowest BCUT2D eigenvalue weighted by atomic mass is 9.97. The Balaban J connectivity index is 0.000000173. The average Bonchev–Trinajstić information content (AvgIpc) is 0.811. The lowest BCUT2D eigenvalue weighted by Crippen LogP contribution is -2.33. The molecule has 0 spiro atoms. The summed E-state index contributed by atoms with van der Waals surface area (Å²) < 4.78 is 81.8. The predicted octanol–water partition coefficient (Wildman–Crippen LogP) is 21.1. The molecule has 0 aliphatic rings. The molecule has 0 saturated heterocycles. The molecule has 7 nitrogen and oxygen atoms in total. The van der Waals surface area contributed by atoms with Gasteiger partial charge < -0.3 is 0 Å². The van der Waals surface area contributed by atoms with Crippen molar-refractivity contribution in [1.29, 1.82) is 0 Å². The van der Waals surface area contributed by atoms with Crippen LogP contribution in [0.2, 0.25) is 0 Å². The van der Waals surface area contributed by atoms with E-state index in [0.717, 1.165) is 44.9 Å². The molecule has 110 heavy (non-hydrogen) atoms. The Morgan fingerprint density at radius 2 is 0.555 bits per heavy atom. The fourth-order valence-electron chi connectivity index (χ4n) is 14.1. The molecule has 0 unspecified atom stereocenters. The van der Waals surface area contributed by atoms with Gasteiger partial charge in [0.25, 0.3) is 0 Å². The SMILES string of the molecule is Cc1cc[n+](C)c(-c2ccccc2C)c1.Cc1ccccc1-c1c(C)c(C)c(C)c[n+]1C.Cc1ccccc1-c1c(C)c(C)cc[n+]1C.Cc1ccccc1-c1c(C)ccc[n+]1C.[2H]C([2H])([2H])c1c[n+](C)c(-c2ccccc2C)cc1C.[2H]C([2H])([2H])c1cc(C)c(-c2ccccc2C)[n+](C)c1.[2H]C([2H])([2H])c1ccc(-c2ccccc2C)[n+](C)c1. The first-order valence-corrected chi connectivity index (χ1v) is 37.8. The molecule has 7 aromatic carbocycles. The molecule has 0 atom stereocenters. The third-order valence-corrected chi connectivity index (χ3v) is 20.7. The van der Waals surface area contributed by atoms with Crippen molar-refractivity contribution >= 4 is 0 Å². The lowest BCUT2D eigenvalue weighted by molar-refractivity contribution is -0.661. The third-order valence-electron chi connectivity index (χ3n) is 20.7. The Bertz CT molecular complexity index is 5850. The van der Waals surface area contributed by atoms with Gasteiger partial charge in [0.05, 0.1) is 0 Å². The van der Waals surface area contributed by atoms with Gasteiger partial charge in [-0.15, -0.1) is 0 Å². The fourth-order valence-corrected chi connectivity index (χ4v) is 14.1. The van der Waals surface area contributed by atoms with E-state index in [4.69, 9.17) is 12.3 Å². The number of aryl methyl sites for hydroxylation is 23. The lowest BCUT2D eigenvalue weighted by Gasteiger charge is -2.10. The van der Waals surface area contributed by atoms with E-state index in [1.807, 2.05) is 116 Å². The molecule has 0 aliphatic carbocycles. The second kappa shape index (κ2) is 39.1. The largest absolute Gasteiger partial charge is 0.215 e. The molecule has 0 fully saturated rings. The smallest absolute Gasteiger partial charge is 0.201 e. The van der Waals surface area contributed by atoms with E-state index in [9.17, 15) is 0 Å². The van der Waals surface area contributed by atoms with Crippen molar-refractivity contribution in [3.8, 4) is 78.8 Å². The van der Waals surface area contributed by atoms with Crippen LogP contribution in [0.15, 0.2) is 268 Å². The maximum atomic E-state index is 7.55. The Hall–Kier alpha value is -11.4. The van der Waals surface area contributed by atoms with Gasteiger partial charge in [-0.3, -0.25) is 0 Å². The van der Waals surface area contributed by atoms with E-state index in [0.29, 0.717) is 16.7 Å². The summed E-state index contributed by atoms with van der Waals surface area (Å²) in [7, 11) is 14.1. The molecule has 0 bridgehead atoms. The molecule has 7 aromatic heterocycles. The minimum Gasteiger partial charge on any atom is -0.201 e. The number of benzene rings is 7. The minimum absolute atomic E-state index is 0.363. The molecular weight excluding hydrogens is 1340 g/mol. The van der Waals surface area contributed by atoms with E-state index in [1.54, 1.807) is 30.7 Å². The highest BCUT2D eigenvalue weighted by Gasteiger charge is 2.22. The topological polar surface area (TPSA) is 27.2 Å². The summed E-state index contributed by atoms with van der Waals surface area (Å²) in [5.41, 5.74) is 38.2. The first-order valence-electron chi connectivity index (χ1n) is 42.3. The van der Waals surface area contributed by atoms with Crippen molar-refractivity contribution in [3.05, 3.63) is 374 Å². The molecular formula is C103H122N7+7. The number of hydrogen-bond acceptors (Lipinski definition) is 0. The van der Waals surface area contributed by atoms with Crippen LogP contribution in [-0.2, 0) is 49.3 Å². The van der Waals surface area contributed by atoms with Gasteiger partial charge in [0.15, 0.2) is 43.4 Å². The molecule has 14 aromatic rings. The van der Waals surface area contributed by atoms with Gasteiger partial charge in [-0.25, -0.2) is 32.0 Å². The van der Waals surface area contributed by atoms with E-state index in [-0.39, 0.29) is 0 Å². The van der Waals surface area contributed by atoms with Crippen LogP contribution in [0.1, 0.15) is 118 Å².